The maximum atomic E-state index is 9.34. The molecule has 3 aromatic rings. The lowest BCUT2D eigenvalue weighted by Crippen LogP contribution is -1.95. The molecule has 5 heteroatoms. The van der Waals surface area contributed by atoms with Crippen LogP contribution in [0.4, 0.5) is 11.4 Å². The van der Waals surface area contributed by atoms with E-state index >= 15 is 0 Å². The SMILES string of the molecule is Cc1cc(Nc2ccc(O)cc2)c2cccc(C)c2n1.Cl.Cl. The second kappa shape index (κ2) is 7.34. The van der Waals surface area contributed by atoms with Crippen LogP contribution in [0.1, 0.15) is 11.3 Å². The highest BCUT2D eigenvalue weighted by Crippen LogP contribution is 2.28. The van der Waals surface area contributed by atoms with Gasteiger partial charge in [-0.2, -0.15) is 0 Å². The lowest BCUT2D eigenvalue weighted by atomic mass is 10.1. The predicted octanol–water partition coefficient (Wildman–Crippen LogP) is 5.14. The van der Waals surface area contributed by atoms with E-state index in [-0.39, 0.29) is 30.6 Å². The molecule has 0 atom stereocenters. The molecule has 0 fully saturated rings. The third-order valence-corrected chi connectivity index (χ3v) is 3.32. The number of fused-ring (bicyclic) bond motifs is 1. The standard InChI is InChI=1S/C17H16N2O.2ClH/c1-11-4-3-5-15-16(10-12(2)18-17(11)15)19-13-6-8-14(20)9-7-13;;/h3-10,20H,1-2H3,(H,18,19);2*1H. The molecule has 0 aliphatic heterocycles. The van der Waals surface area contributed by atoms with Crippen molar-refractivity contribution in [2.75, 3.05) is 5.32 Å². The van der Waals surface area contributed by atoms with Gasteiger partial charge in [0.25, 0.3) is 0 Å². The summed E-state index contributed by atoms with van der Waals surface area (Å²) in [6.07, 6.45) is 0. The smallest absolute Gasteiger partial charge is 0.115 e. The summed E-state index contributed by atoms with van der Waals surface area (Å²) < 4.78 is 0. The van der Waals surface area contributed by atoms with Crippen molar-refractivity contribution in [1.29, 1.82) is 0 Å². The minimum Gasteiger partial charge on any atom is -0.508 e. The molecule has 0 saturated carbocycles. The number of benzene rings is 2. The summed E-state index contributed by atoms with van der Waals surface area (Å²) in [6.45, 7) is 4.06. The lowest BCUT2D eigenvalue weighted by molar-refractivity contribution is 0.475. The molecule has 22 heavy (non-hydrogen) atoms. The molecule has 0 aliphatic rings. The van der Waals surface area contributed by atoms with Crippen LogP contribution in [-0.4, -0.2) is 10.1 Å². The van der Waals surface area contributed by atoms with Crippen LogP contribution in [-0.2, 0) is 0 Å². The highest BCUT2D eigenvalue weighted by Gasteiger charge is 2.06. The van der Waals surface area contributed by atoms with E-state index in [1.165, 1.54) is 5.56 Å². The number of nitrogens with one attached hydrogen (secondary N) is 1. The van der Waals surface area contributed by atoms with Crippen LogP contribution in [0.2, 0.25) is 0 Å². The Hall–Kier alpha value is -1.97. The highest BCUT2D eigenvalue weighted by molar-refractivity contribution is 5.94. The van der Waals surface area contributed by atoms with Crippen molar-refractivity contribution in [3.8, 4) is 5.75 Å². The fourth-order valence-electron chi connectivity index (χ4n) is 2.32. The number of nitrogens with zero attached hydrogens (tertiary/aromatic N) is 1. The monoisotopic (exact) mass is 336 g/mol. The zero-order chi connectivity index (χ0) is 14.1. The minimum absolute atomic E-state index is 0. The fraction of sp³-hybridized carbons (Fsp3) is 0.118. The first-order valence-corrected chi connectivity index (χ1v) is 6.56. The molecular formula is C17H18Cl2N2O. The Kier molecular flexibility index (Phi) is 6.03. The van der Waals surface area contributed by atoms with Gasteiger partial charge in [0.05, 0.1) is 5.52 Å². The van der Waals surface area contributed by atoms with Gasteiger partial charge in [-0.3, -0.25) is 4.98 Å². The Morgan fingerprint density at radius 1 is 0.955 bits per heavy atom. The summed E-state index contributed by atoms with van der Waals surface area (Å²) >= 11 is 0. The number of rotatable bonds is 2. The first kappa shape index (κ1) is 18.1. The molecule has 3 nitrogen and oxygen atoms in total. The van der Waals surface area contributed by atoms with Crippen molar-refractivity contribution >= 4 is 47.1 Å². The molecule has 0 saturated heterocycles. The maximum absolute atomic E-state index is 9.34. The van der Waals surface area contributed by atoms with Gasteiger partial charge in [-0.25, -0.2) is 0 Å². The van der Waals surface area contributed by atoms with E-state index in [4.69, 9.17) is 0 Å². The number of aromatic nitrogens is 1. The Bertz CT molecular complexity index is 773. The average Bonchev–Trinajstić information content (AvgIpc) is 2.42. The van der Waals surface area contributed by atoms with Gasteiger partial charge in [-0.15, -0.1) is 24.8 Å². The first-order valence-electron chi connectivity index (χ1n) is 6.56. The van der Waals surface area contributed by atoms with Gasteiger partial charge in [-0.05, 0) is 49.7 Å². The molecule has 1 heterocycles. The van der Waals surface area contributed by atoms with Gasteiger partial charge < -0.3 is 10.4 Å². The minimum atomic E-state index is 0. The zero-order valence-electron chi connectivity index (χ0n) is 12.3. The van der Waals surface area contributed by atoms with Gasteiger partial charge in [-0.1, -0.05) is 18.2 Å². The maximum Gasteiger partial charge on any atom is 0.115 e. The number of phenolic OH excluding ortho intramolecular Hbond substituents is 1. The highest BCUT2D eigenvalue weighted by atomic mass is 35.5. The predicted molar refractivity (Wildman–Crippen MR) is 97.1 cm³/mol. The zero-order valence-corrected chi connectivity index (χ0v) is 14.0. The number of anilines is 2. The van der Waals surface area contributed by atoms with Crippen molar-refractivity contribution in [2.24, 2.45) is 0 Å². The van der Waals surface area contributed by atoms with E-state index in [9.17, 15) is 5.11 Å². The first-order chi connectivity index (χ1) is 9.63. The largest absolute Gasteiger partial charge is 0.508 e. The molecule has 0 unspecified atom stereocenters. The molecule has 3 rings (SSSR count). The average molecular weight is 337 g/mol. The van der Waals surface area contributed by atoms with E-state index in [1.807, 2.05) is 31.2 Å². The third-order valence-electron chi connectivity index (χ3n) is 3.32. The number of para-hydroxylation sites is 1. The molecule has 0 spiro atoms. The molecule has 2 aromatic carbocycles. The van der Waals surface area contributed by atoms with Gasteiger partial charge >= 0.3 is 0 Å². The number of halogens is 2. The number of hydrogen-bond acceptors (Lipinski definition) is 3. The summed E-state index contributed by atoms with van der Waals surface area (Å²) in [6, 6.07) is 15.3. The summed E-state index contributed by atoms with van der Waals surface area (Å²) in [4.78, 5) is 4.61. The van der Waals surface area contributed by atoms with Crippen molar-refractivity contribution in [3.05, 3.63) is 59.8 Å². The number of phenols is 1. The Labute approximate surface area is 142 Å². The molecule has 0 bridgehead atoms. The van der Waals surface area contributed by atoms with Crippen molar-refractivity contribution in [1.82, 2.24) is 4.98 Å². The summed E-state index contributed by atoms with van der Waals surface area (Å²) in [5, 5.41) is 13.8. The quantitative estimate of drug-likeness (QED) is 0.636. The number of hydrogen-bond donors (Lipinski definition) is 2. The molecule has 116 valence electrons. The van der Waals surface area contributed by atoms with E-state index in [0.717, 1.165) is 28.0 Å². The Morgan fingerprint density at radius 3 is 2.32 bits per heavy atom. The third kappa shape index (κ3) is 3.62. The molecule has 0 radical (unpaired) electrons. The molecule has 0 aliphatic carbocycles. The molecule has 1 aromatic heterocycles. The second-order valence-electron chi connectivity index (χ2n) is 4.95. The summed E-state index contributed by atoms with van der Waals surface area (Å²) in [5.41, 5.74) is 5.14. The summed E-state index contributed by atoms with van der Waals surface area (Å²) in [5.74, 6) is 0.266. The van der Waals surface area contributed by atoms with Crippen LogP contribution >= 0.6 is 24.8 Å². The second-order valence-corrected chi connectivity index (χ2v) is 4.95. The number of aryl methyl sites for hydroxylation is 2. The Morgan fingerprint density at radius 2 is 1.64 bits per heavy atom. The van der Waals surface area contributed by atoms with Gasteiger partial charge in [0, 0.05) is 22.5 Å². The van der Waals surface area contributed by atoms with Gasteiger partial charge in [0.2, 0.25) is 0 Å². The van der Waals surface area contributed by atoms with Crippen LogP contribution in [0.15, 0.2) is 48.5 Å². The van der Waals surface area contributed by atoms with Crippen LogP contribution in [0, 0.1) is 13.8 Å². The molecular weight excluding hydrogens is 319 g/mol. The van der Waals surface area contributed by atoms with E-state index < -0.39 is 0 Å². The molecule has 2 N–H and O–H groups in total. The van der Waals surface area contributed by atoms with Gasteiger partial charge in [0.15, 0.2) is 0 Å². The van der Waals surface area contributed by atoms with Crippen molar-refractivity contribution in [2.45, 2.75) is 13.8 Å². The van der Waals surface area contributed by atoms with E-state index in [1.54, 1.807) is 12.1 Å². The number of pyridine rings is 1. The van der Waals surface area contributed by atoms with Crippen LogP contribution in [0.5, 0.6) is 5.75 Å². The van der Waals surface area contributed by atoms with Gasteiger partial charge in [0.1, 0.15) is 5.75 Å². The normalized spacial score (nSPS) is 9.73. The van der Waals surface area contributed by atoms with Crippen molar-refractivity contribution in [3.63, 3.8) is 0 Å². The summed E-state index contributed by atoms with van der Waals surface area (Å²) in [7, 11) is 0. The number of aromatic hydroxyl groups is 1. The van der Waals surface area contributed by atoms with Crippen LogP contribution in [0.3, 0.4) is 0 Å². The van der Waals surface area contributed by atoms with Crippen LogP contribution < -0.4 is 5.32 Å². The lowest BCUT2D eigenvalue weighted by Gasteiger charge is -2.12. The van der Waals surface area contributed by atoms with Crippen LogP contribution in [0.25, 0.3) is 10.9 Å². The van der Waals surface area contributed by atoms with E-state index in [0.29, 0.717) is 0 Å². The molecule has 0 amide bonds. The van der Waals surface area contributed by atoms with Crippen molar-refractivity contribution < 1.29 is 5.11 Å². The topological polar surface area (TPSA) is 45.1 Å². The van der Waals surface area contributed by atoms with E-state index in [2.05, 4.69) is 29.4 Å². The Balaban J connectivity index is 0.00000121. The fourth-order valence-corrected chi connectivity index (χ4v) is 2.32.